The van der Waals surface area contributed by atoms with Gasteiger partial charge in [0.05, 0.1) is 0 Å². The third-order valence-corrected chi connectivity index (χ3v) is 4.43. The standard InChI is InChI=1S/C23H28N2O5.BH2O2/c1-16(2)13-19(25-23(29)30-15-18-11-7-4-8-12-18)21(26)24-20(22(27)28)14-17-9-5-3-6-10-17;2-1-3/h3-12,16,19-20H,13-15H2,1-2H3,(H,24,26)(H,25,29)(H,27,28);2-3H/t19-,20-;/m0./s1. The number of hydrogen-bond acceptors (Lipinski definition) is 6. The second-order valence-electron chi connectivity index (χ2n) is 7.59. The van der Waals surface area contributed by atoms with E-state index >= 15 is 0 Å². The fourth-order valence-corrected chi connectivity index (χ4v) is 2.93. The van der Waals surface area contributed by atoms with Gasteiger partial charge in [-0.1, -0.05) is 74.5 Å². The quantitative estimate of drug-likeness (QED) is 0.341. The van der Waals surface area contributed by atoms with Gasteiger partial charge in [-0.3, -0.25) is 4.79 Å². The molecule has 9 nitrogen and oxygen atoms in total. The number of rotatable bonds is 10. The first kappa shape index (κ1) is 27.7. The van der Waals surface area contributed by atoms with Crippen LogP contribution < -0.4 is 10.6 Å². The highest BCUT2D eigenvalue weighted by atomic mass is 16.5. The number of amides is 2. The van der Waals surface area contributed by atoms with Crippen molar-refractivity contribution < 1.29 is 34.3 Å². The van der Waals surface area contributed by atoms with Crippen molar-refractivity contribution in [3.63, 3.8) is 0 Å². The van der Waals surface area contributed by atoms with Crippen LogP contribution in [0.3, 0.4) is 0 Å². The SMILES string of the molecule is CC(C)C[C@H](NC(=O)OCc1ccccc1)C(=O)N[C@@H](Cc1ccccc1)C(=O)O.O[B]O. The van der Waals surface area contributed by atoms with Crippen molar-refractivity contribution in [2.45, 2.75) is 45.4 Å². The predicted octanol–water partition coefficient (Wildman–Crippen LogP) is 1.64. The largest absolute Gasteiger partial charge is 0.482 e. The molecule has 0 saturated heterocycles. The smallest absolute Gasteiger partial charge is 0.480 e. The van der Waals surface area contributed by atoms with E-state index in [1.54, 1.807) is 12.1 Å². The maximum Gasteiger partial charge on any atom is 0.482 e. The zero-order valence-electron chi connectivity index (χ0n) is 18.7. The van der Waals surface area contributed by atoms with Gasteiger partial charge in [0.25, 0.3) is 0 Å². The lowest BCUT2D eigenvalue weighted by molar-refractivity contribution is -0.142. The highest BCUT2D eigenvalue weighted by molar-refractivity contribution is 6.13. The Morgan fingerprint density at radius 2 is 1.39 bits per heavy atom. The van der Waals surface area contributed by atoms with Crippen LogP contribution in [-0.4, -0.2) is 52.9 Å². The molecule has 0 aromatic heterocycles. The Labute approximate surface area is 194 Å². The molecule has 0 aliphatic rings. The summed E-state index contributed by atoms with van der Waals surface area (Å²) in [7, 11) is 0. The summed E-state index contributed by atoms with van der Waals surface area (Å²) in [6.45, 7) is 3.90. The molecule has 0 bridgehead atoms. The van der Waals surface area contributed by atoms with Crippen LogP contribution in [-0.2, 0) is 27.4 Å². The zero-order valence-corrected chi connectivity index (χ0v) is 18.7. The van der Waals surface area contributed by atoms with E-state index in [9.17, 15) is 19.5 Å². The van der Waals surface area contributed by atoms with Gasteiger partial charge in [-0.05, 0) is 23.5 Å². The number of carbonyl (C=O) groups excluding carboxylic acids is 2. The molecule has 1 radical (unpaired) electrons. The minimum Gasteiger partial charge on any atom is -0.480 e. The average Bonchev–Trinajstić information content (AvgIpc) is 2.78. The monoisotopic (exact) mass is 457 g/mol. The number of carbonyl (C=O) groups is 3. The van der Waals surface area contributed by atoms with Crippen LogP contribution in [0.25, 0.3) is 0 Å². The summed E-state index contributed by atoms with van der Waals surface area (Å²) in [6, 6.07) is 16.2. The van der Waals surface area contributed by atoms with Gasteiger partial charge in [0.15, 0.2) is 0 Å². The second-order valence-corrected chi connectivity index (χ2v) is 7.59. The van der Waals surface area contributed by atoms with E-state index in [-0.39, 0.29) is 26.6 Å². The van der Waals surface area contributed by atoms with E-state index in [4.69, 9.17) is 14.8 Å². The topological polar surface area (TPSA) is 145 Å². The van der Waals surface area contributed by atoms with Crippen LogP contribution >= 0.6 is 0 Å². The van der Waals surface area contributed by atoms with Gasteiger partial charge in [-0.25, -0.2) is 9.59 Å². The van der Waals surface area contributed by atoms with Crippen molar-refractivity contribution in [3.8, 4) is 0 Å². The molecule has 2 aromatic carbocycles. The van der Waals surface area contributed by atoms with Crippen LogP contribution in [0.1, 0.15) is 31.4 Å². The fraction of sp³-hybridized carbons (Fsp3) is 0.348. The van der Waals surface area contributed by atoms with E-state index in [0.717, 1.165) is 11.1 Å². The molecule has 0 saturated carbocycles. The number of ether oxygens (including phenoxy) is 1. The predicted molar refractivity (Wildman–Crippen MR) is 123 cm³/mol. The lowest BCUT2D eigenvalue weighted by atomic mass is 10.0. The van der Waals surface area contributed by atoms with Crippen molar-refractivity contribution in [2.24, 2.45) is 5.92 Å². The number of aliphatic carboxylic acids is 1. The van der Waals surface area contributed by atoms with E-state index in [0.29, 0.717) is 6.42 Å². The molecule has 0 aliphatic carbocycles. The number of carboxylic acids is 1. The molecule has 2 rings (SSSR count). The summed E-state index contributed by atoms with van der Waals surface area (Å²) in [4.78, 5) is 36.6. The van der Waals surface area contributed by atoms with Gasteiger partial charge in [0.1, 0.15) is 18.7 Å². The molecule has 0 fully saturated rings. The van der Waals surface area contributed by atoms with Crippen molar-refractivity contribution >= 4 is 25.7 Å². The summed E-state index contributed by atoms with van der Waals surface area (Å²) in [5.41, 5.74) is 1.62. The lowest BCUT2D eigenvalue weighted by Crippen LogP contribution is -2.52. The molecule has 33 heavy (non-hydrogen) atoms. The maximum absolute atomic E-state index is 12.7. The molecule has 0 aliphatic heterocycles. The Balaban J connectivity index is 0.00000172. The molecule has 177 valence electrons. The van der Waals surface area contributed by atoms with E-state index in [1.807, 2.05) is 62.4 Å². The van der Waals surface area contributed by atoms with Crippen LogP contribution in [0.4, 0.5) is 4.79 Å². The molecule has 0 unspecified atom stereocenters. The molecule has 2 amide bonds. The number of nitrogens with one attached hydrogen (secondary N) is 2. The lowest BCUT2D eigenvalue weighted by Gasteiger charge is -2.22. The van der Waals surface area contributed by atoms with E-state index in [1.165, 1.54) is 0 Å². The van der Waals surface area contributed by atoms with Gasteiger partial charge < -0.3 is 30.5 Å². The van der Waals surface area contributed by atoms with Crippen molar-refractivity contribution in [1.82, 2.24) is 10.6 Å². The summed E-state index contributed by atoms with van der Waals surface area (Å²) in [6.07, 6.45) is -0.229. The average molecular weight is 457 g/mol. The second kappa shape index (κ2) is 15.4. The number of carboxylic acid groups (broad SMARTS) is 1. The number of alkyl carbamates (subject to hydrolysis) is 1. The normalized spacial score (nSPS) is 11.9. The van der Waals surface area contributed by atoms with Gasteiger partial charge in [-0.2, -0.15) is 0 Å². The summed E-state index contributed by atoms with van der Waals surface area (Å²) in [5, 5.41) is 28.6. The first-order chi connectivity index (χ1) is 15.8. The number of hydrogen-bond donors (Lipinski definition) is 5. The Bertz CT molecular complexity index is 850. The highest BCUT2D eigenvalue weighted by Crippen LogP contribution is 2.09. The first-order valence-corrected chi connectivity index (χ1v) is 10.4. The van der Waals surface area contributed by atoms with Crippen molar-refractivity contribution in [2.75, 3.05) is 0 Å². The minimum absolute atomic E-state index is 0. The van der Waals surface area contributed by atoms with Crippen LogP contribution in [0.15, 0.2) is 60.7 Å². The Hall–Kier alpha value is -3.37. The Morgan fingerprint density at radius 3 is 1.88 bits per heavy atom. The zero-order chi connectivity index (χ0) is 24.6. The molecule has 5 N–H and O–H groups in total. The third-order valence-electron chi connectivity index (χ3n) is 4.43. The van der Waals surface area contributed by atoms with E-state index < -0.39 is 30.1 Å². The van der Waals surface area contributed by atoms with Gasteiger partial charge in [0.2, 0.25) is 5.91 Å². The molecule has 2 atom stereocenters. The van der Waals surface area contributed by atoms with Crippen LogP contribution in [0.5, 0.6) is 0 Å². The molecular weight excluding hydrogens is 427 g/mol. The summed E-state index contributed by atoms with van der Waals surface area (Å²) >= 11 is 0. The summed E-state index contributed by atoms with van der Waals surface area (Å²) < 4.78 is 5.19. The first-order valence-electron chi connectivity index (χ1n) is 10.4. The molecular formula is C23H30BN2O7. The molecule has 0 spiro atoms. The molecule has 10 heteroatoms. The Kier molecular flexibility index (Phi) is 12.9. The fourth-order valence-electron chi connectivity index (χ4n) is 2.93. The van der Waals surface area contributed by atoms with Gasteiger partial charge in [-0.15, -0.1) is 0 Å². The number of benzene rings is 2. The maximum atomic E-state index is 12.7. The Morgan fingerprint density at radius 1 is 0.879 bits per heavy atom. The van der Waals surface area contributed by atoms with Gasteiger partial charge >= 0.3 is 19.7 Å². The van der Waals surface area contributed by atoms with Crippen molar-refractivity contribution in [3.05, 3.63) is 71.8 Å². The van der Waals surface area contributed by atoms with Crippen LogP contribution in [0, 0.1) is 5.92 Å². The molecule has 2 aromatic rings. The third kappa shape index (κ3) is 11.7. The molecule has 0 heterocycles. The highest BCUT2D eigenvalue weighted by Gasteiger charge is 2.27. The van der Waals surface area contributed by atoms with Crippen molar-refractivity contribution in [1.29, 1.82) is 0 Å². The van der Waals surface area contributed by atoms with Gasteiger partial charge in [0, 0.05) is 6.42 Å². The summed E-state index contributed by atoms with van der Waals surface area (Å²) in [5.74, 6) is -1.58. The van der Waals surface area contributed by atoms with E-state index in [2.05, 4.69) is 10.6 Å². The minimum atomic E-state index is -1.14. The van der Waals surface area contributed by atoms with Crippen LogP contribution in [0.2, 0.25) is 0 Å².